The summed E-state index contributed by atoms with van der Waals surface area (Å²) in [6, 6.07) is 9.88. The third-order valence-electron chi connectivity index (χ3n) is 4.07. The molecule has 0 amide bonds. The Balaban J connectivity index is 2.20. The Bertz CT molecular complexity index is 853. The van der Waals surface area contributed by atoms with Crippen LogP contribution in [-0.2, 0) is 10.0 Å². The van der Waals surface area contributed by atoms with Crippen molar-refractivity contribution in [3.05, 3.63) is 59.7 Å². The van der Waals surface area contributed by atoms with Crippen molar-refractivity contribution in [1.82, 2.24) is 9.62 Å². The van der Waals surface area contributed by atoms with Crippen LogP contribution in [0.5, 0.6) is 0 Å². The Morgan fingerprint density at radius 3 is 2.12 bits per heavy atom. The highest BCUT2D eigenvalue weighted by molar-refractivity contribution is 7.89. The summed E-state index contributed by atoms with van der Waals surface area (Å²) in [7, 11) is 3.44. The Morgan fingerprint density at radius 2 is 1.62 bits per heavy atom. The monoisotopic (exact) mass is 383 g/mol. The highest BCUT2D eigenvalue weighted by atomic mass is 32.2. The molecule has 2 aromatic rings. The number of hydrogen-bond acceptors (Lipinski definition) is 4. The van der Waals surface area contributed by atoms with Crippen molar-refractivity contribution in [3.63, 3.8) is 0 Å². The van der Waals surface area contributed by atoms with Gasteiger partial charge < -0.3 is 9.80 Å². The van der Waals surface area contributed by atoms with E-state index in [9.17, 15) is 17.2 Å². The summed E-state index contributed by atoms with van der Waals surface area (Å²) in [5.74, 6) is -1.94. The van der Waals surface area contributed by atoms with Crippen molar-refractivity contribution in [1.29, 1.82) is 0 Å². The molecule has 0 bridgehead atoms. The Kier molecular flexibility index (Phi) is 6.33. The van der Waals surface area contributed by atoms with Crippen molar-refractivity contribution in [2.24, 2.45) is 0 Å². The van der Waals surface area contributed by atoms with Gasteiger partial charge in [0.15, 0.2) is 0 Å². The minimum Gasteiger partial charge on any atom is -0.378 e. The van der Waals surface area contributed by atoms with Gasteiger partial charge in [-0.2, -0.15) is 0 Å². The highest BCUT2D eigenvalue weighted by Gasteiger charge is 2.22. The van der Waals surface area contributed by atoms with E-state index in [2.05, 4.69) is 4.72 Å². The van der Waals surface area contributed by atoms with Gasteiger partial charge in [-0.3, -0.25) is 0 Å². The van der Waals surface area contributed by atoms with E-state index in [-0.39, 0.29) is 12.6 Å². The SMILES string of the molecule is CN(C)c1ccc([C@H](CNS(=O)(=O)c2ccc(F)cc2F)N(C)C)cc1. The first-order valence-corrected chi connectivity index (χ1v) is 9.48. The Morgan fingerprint density at radius 1 is 1.00 bits per heavy atom. The molecule has 26 heavy (non-hydrogen) atoms. The molecule has 2 aromatic carbocycles. The van der Waals surface area contributed by atoms with E-state index in [0.29, 0.717) is 6.07 Å². The van der Waals surface area contributed by atoms with Gasteiger partial charge in [0, 0.05) is 38.4 Å². The van der Waals surface area contributed by atoms with Gasteiger partial charge in [-0.25, -0.2) is 21.9 Å². The van der Waals surface area contributed by atoms with Crippen LogP contribution in [-0.4, -0.2) is 48.1 Å². The molecular formula is C18H23F2N3O2S. The fourth-order valence-electron chi connectivity index (χ4n) is 2.55. The number of anilines is 1. The second-order valence-electron chi connectivity index (χ2n) is 6.39. The number of rotatable bonds is 7. The summed E-state index contributed by atoms with van der Waals surface area (Å²) in [4.78, 5) is 3.27. The molecule has 0 aromatic heterocycles. The molecule has 5 nitrogen and oxygen atoms in total. The summed E-state index contributed by atoms with van der Waals surface area (Å²) in [6.45, 7) is 0.0491. The van der Waals surface area contributed by atoms with E-state index in [1.807, 2.05) is 62.3 Å². The van der Waals surface area contributed by atoms with Gasteiger partial charge in [0.2, 0.25) is 10.0 Å². The van der Waals surface area contributed by atoms with Gasteiger partial charge in [0.05, 0.1) is 0 Å². The maximum Gasteiger partial charge on any atom is 0.243 e. The fraction of sp³-hybridized carbons (Fsp3) is 0.333. The lowest BCUT2D eigenvalue weighted by atomic mass is 10.1. The molecule has 2 rings (SSSR count). The van der Waals surface area contributed by atoms with E-state index in [1.165, 1.54) is 0 Å². The first-order chi connectivity index (χ1) is 12.1. The first-order valence-electron chi connectivity index (χ1n) is 8.00. The van der Waals surface area contributed by atoms with Crippen LogP contribution >= 0.6 is 0 Å². The third-order valence-corrected chi connectivity index (χ3v) is 5.52. The molecule has 0 saturated carbocycles. The van der Waals surface area contributed by atoms with Crippen LogP contribution in [0.3, 0.4) is 0 Å². The zero-order chi connectivity index (χ0) is 19.5. The molecule has 0 spiro atoms. The lowest BCUT2D eigenvalue weighted by Gasteiger charge is -2.25. The van der Waals surface area contributed by atoms with Crippen LogP contribution in [0.4, 0.5) is 14.5 Å². The molecular weight excluding hydrogens is 360 g/mol. The average molecular weight is 383 g/mol. The van der Waals surface area contributed by atoms with Crippen LogP contribution in [0.25, 0.3) is 0 Å². The van der Waals surface area contributed by atoms with Gasteiger partial charge in [-0.1, -0.05) is 12.1 Å². The molecule has 8 heteroatoms. The van der Waals surface area contributed by atoms with E-state index in [0.717, 1.165) is 23.4 Å². The van der Waals surface area contributed by atoms with Crippen molar-refractivity contribution in [3.8, 4) is 0 Å². The van der Waals surface area contributed by atoms with Crippen LogP contribution in [0, 0.1) is 11.6 Å². The minimum absolute atomic E-state index is 0.0491. The zero-order valence-electron chi connectivity index (χ0n) is 15.2. The number of nitrogens with one attached hydrogen (secondary N) is 1. The van der Waals surface area contributed by atoms with Crippen molar-refractivity contribution in [2.45, 2.75) is 10.9 Å². The second kappa shape index (κ2) is 8.11. The summed E-state index contributed by atoms with van der Waals surface area (Å²) in [5.41, 5.74) is 1.95. The summed E-state index contributed by atoms with van der Waals surface area (Å²) in [6.07, 6.45) is 0. The van der Waals surface area contributed by atoms with Gasteiger partial charge in [-0.15, -0.1) is 0 Å². The second-order valence-corrected chi connectivity index (χ2v) is 8.13. The van der Waals surface area contributed by atoms with Gasteiger partial charge >= 0.3 is 0 Å². The molecule has 1 atom stereocenters. The summed E-state index contributed by atoms with van der Waals surface area (Å²) < 4.78 is 53.9. The van der Waals surface area contributed by atoms with Gasteiger partial charge in [0.1, 0.15) is 16.5 Å². The van der Waals surface area contributed by atoms with Crippen molar-refractivity contribution in [2.75, 3.05) is 39.6 Å². The molecule has 1 N–H and O–H groups in total. The van der Waals surface area contributed by atoms with E-state index >= 15 is 0 Å². The topological polar surface area (TPSA) is 52.7 Å². The first kappa shape index (κ1) is 20.3. The maximum atomic E-state index is 13.8. The van der Waals surface area contributed by atoms with E-state index in [1.54, 1.807) is 0 Å². The molecule has 0 heterocycles. The van der Waals surface area contributed by atoms with Gasteiger partial charge in [-0.05, 0) is 43.9 Å². The van der Waals surface area contributed by atoms with Crippen LogP contribution in [0.1, 0.15) is 11.6 Å². The number of likely N-dealkylation sites (N-methyl/N-ethyl adjacent to an activating group) is 1. The van der Waals surface area contributed by atoms with Crippen LogP contribution < -0.4 is 9.62 Å². The van der Waals surface area contributed by atoms with Gasteiger partial charge in [0.25, 0.3) is 0 Å². The predicted octanol–water partition coefficient (Wildman–Crippen LogP) is 2.61. The highest BCUT2D eigenvalue weighted by Crippen LogP contribution is 2.22. The van der Waals surface area contributed by atoms with E-state index < -0.39 is 26.6 Å². The molecule has 0 aliphatic heterocycles. The van der Waals surface area contributed by atoms with Crippen LogP contribution in [0.15, 0.2) is 47.4 Å². The number of hydrogen-bond donors (Lipinski definition) is 1. The largest absolute Gasteiger partial charge is 0.378 e. The van der Waals surface area contributed by atoms with E-state index in [4.69, 9.17) is 0 Å². The molecule has 0 saturated heterocycles. The van der Waals surface area contributed by atoms with Crippen LogP contribution in [0.2, 0.25) is 0 Å². The number of benzene rings is 2. The maximum absolute atomic E-state index is 13.8. The third kappa shape index (κ3) is 4.78. The van der Waals surface area contributed by atoms with Crippen molar-refractivity contribution >= 4 is 15.7 Å². The van der Waals surface area contributed by atoms with Crippen molar-refractivity contribution < 1.29 is 17.2 Å². The molecule has 0 aliphatic rings. The lowest BCUT2D eigenvalue weighted by molar-refractivity contribution is 0.299. The number of sulfonamides is 1. The average Bonchev–Trinajstić information content (AvgIpc) is 2.54. The Hall–Kier alpha value is -2.03. The predicted molar refractivity (Wildman–Crippen MR) is 98.7 cm³/mol. The fourth-order valence-corrected chi connectivity index (χ4v) is 3.65. The smallest absolute Gasteiger partial charge is 0.243 e. The molecule has 0 aliphatic carbocycles. The number of halogens is 2. The molecule has 0 radical (unpaired) electrons. The normalized spacial score (nSPS) is 13.0. The molecule has 0 unspecified atom stereocenters. The molecule has 142 valence electrons. The Labute approximate surface area is 153 Å². The zero-order valence-corrected chi connectivity index (χ0v) is 16.0. The quantitative estimate of drug-likeness (QED) is 0.799. The minimum atomic E-state index is -4.09. The summed E-state index contributed by atoms with van der Waals surface area (Å²) >= 11 is 0. The number of nitrogens with zero attached hydrogens (tertiary/aromatic N) is 2. The molecule has 0 fully saturated rings. The standard InChI is InChI=1S/C18H23F2N3O2S/c1-22(2)15-8-5-13(6-9-15)17(23(3)4)12-21-26(24,25)18-10-7-14(19)11-16(18)20/h5-11,17,21H,12H2,1-4H3/t17-/m0/s1. The summed E-state index contributed by atoms with van der Waals surface area (Å²) in [5, 5.41) is 0. The lowest BCUT2D eigenvalue weighted by Crippen LogP contribution is -2.35.